The first kappa shape index (κ1) is 40.3. The van der Waals surface area contributed by atoms with Gasteiger partial charge in [-0.05, 0) is 75.5 Å². The number of hydrogen-bond acceptors (Lipinski definition) is 11. The number of hydrogen-bond donors (Lipinski definition) is 4. The van der Waals surface area contributed by atoms with E-state index >= 15 is 0 Å². The lowest BCUT2D eigenvalue weighted by atomic mass is 10.0. The van der Waals surface area contributed by atoms with Gasteiger partial charge in [0.25, 0.3) is 0 Å². The number of aromatic nitrogens is 2. The number of thiazole rings is 1. The van der Waals surface area contributed by atoms with Crippen LogP contribution in [0, 0.1) is 11.8 Å². The molecule has 15 nitrogen and oxygen atoms in total. The van der Waals surface area contributed by atoms with Crippen LogP contribution in [0.4, 0.5) is 9.93 Å². The van der Waals surface area contributed by atoms with Crippen molar-refractivity contribution in [1.29, 1.82) is 0 Å². The number of likely N-dealkylation sites (tertiary alicyclic amines) is 1. The molecule has 5 aliphatic rings. The molecule has 4 N–H and O–H groups in total. The molecule has 312 valence electrons. The molecule has 16 heteroatoms. The van der Waals surface area contributed by atoms with Gasteiger partial charge in [0.15, 0.2) is 5.13 Å². The maximum absolute atomic E-state index is 14.4. The minimum Gasteiger partial charge on any atom is -0.493 e. The normalized spacial score (nSPS) is 24.2. The van der Waals surface area contributed by atoms with Crippen molar-refractivity contribution >= 4 is 57.2 Å². The van der Waals surface area contributed by atoms with E-state index in [2.05, 4.69) is 29.1 Å². The highest BCUT2D eigenvalue weighted by molar-refractivity contribution is 7.14. The van der Waals surface area contributed by atoms with Gasteiger partial charge in [0.1, 0.15) is 47.0 Å². The number of ether oxygens (including phenoxy) is 3. The highest BCUT2D eigenvalue weighted by Gasteiger charge is 2.61. The van der Waals surface area contributed by atoms with Crippen molar-refractivity contribution in [3.05, 3.63) is 53.9 Å². The van der Waals surface area contributed by atoms with Crippen LogP contribution in [-0.4, -0.2) is 92.7 Å². The molecule has 4 heterocycles. The zero-order valence-corrected chi connectivity index (χ0v) is 33.9. The fourth-order valence-electron chi connectivity index (χ4n) is 9.01. The smallest absolute Gasteiger partial charge is 0.408 e. The summed E-state index contributed by atoms with van der Waals surface area (Å²) in [5, 5.41) is 21.4. The molecular weight excluding hydrogens is 777 g/mol. The number of fused-ring (bicyclic) bond motifs is 3. The Morgan fingerprint density at radius 2 is 1.85 bits per heavy atom. The third-order valence-corrected chi connectivity index (χ3v) is 13.1. The SMILES string of the molecule is C=C[C@@H]1C[C@]1(NC(=O)[C@@H]1C[C@@H](Oc2cc(-c3csc(NC(=O)CC4CCCC4)n3)nc3c4c(ccc23)OCC4)CN1C(=O)[C@@H](NC(=O)OC1CCCC1)C(=C)C)C(=O)O. The van der Waals surface area contributed by atoms with Gasteiger partial charge >= 0.3 is 12.1 Å². The highest BCUT2D eigenvalue weighted by atomic mass is 32.1. The number of pyridine rings is 1. The molecule has 3 aromatic rings. The number of rotatable bonds is 14. The lowest BCUT2D eigenvalue weighted by molar-refractivity contribution is -0.145. The highest BCUT2D eigenvalue weighted by Crippen LogP contribution is 2.45. The molecule has 3 saturated carbocycles. The van der Waals surface area contributed by atoms with Crippen LogP contribution in [0.1, 0.15) is 83.1 Å². The Morgan fingerprint density at radius 1 is 1.08 bits per heavy atom. The molecule has 1 saturated heterocycles. The third-order valence-electron chi connectivity index (χ3n) is 12.3. The topological polar surface area (TPSA) is 198 Å². The average Bonchev–Trinajstić information content (AvgIpc) is 3.95. The number of aliphatic carboxylic acids is 1. The van der Waals surface area contributed by atoms with Crippen molar-refractivity contribution < 1.29 is 43.3 Å². The fraction of sp³-hybridized carbons (Fsp3) is 0.512. The number of amides is 4. The molecule has 4 amide bonds. The second-order valence-corrected chi connectivity index (χ2v) is 17.4. The summed E-state index contributed by atoms with van der Waals surface area (Å²) in [4.78, 5) is 77.9. The summed E-state index contributed by atoms with van der Waals surface area (Å²) in [6, 6.07) is 3.12. The van der Waals surface area contributed by atoms with E-state index in [1.54, 1.807) is 13.0 Å². The number of benzene rings is 1. The fourth-order valence-corrected chi connectivity index (χ4v) is 9.73. The van der Waals surface area contributed by atoms with E-state index < -0.39 is 53.5 Å². The Balaban J connectivity index is 1.08. The molecular formula is C43H50N6O9S. The summed E-state index contributed by atoms with van der Waals surface area (Å²) in [7, 11) is 0. The number of carboxylic acids is 1. The summed E-state index contributed by atoms with van der Waals surface area (Å²) >= 11 is 1.31. The van der Waals surface area contributed by atoms with Crippen LogP contribution in [0.3, 0.4) is 0 Å². The van der Waals surface area contributed by atoms with Crippen molar-refractivity contribution in [2.75, 3.05) is 18.5 Å². The lowest BCUT2D eigenvalue weighted by Crippen LogP contribution is -2.56. The number of carbonyl (C=O) groups is 5. The van der Waals surface area contributed by atoms with Crippen LogP contribution in [0.2, 0.25) is 0 Å². The summed E-state index contributed by atoms with van der Waals surface area (Å²) in [5.74, 6) is -1.45. The second kappa shape index (κ2) is 16.6. The summed E-state index contributed by atoms with van der Waals surface area (Å²) < 4.78 is 18.2. The van der Waals surface area contributed by atoms with E-state index in [-0.39, 0.29) is 31.4 Å². The number of alkyl carbamates (subject to hydrolysis) is 1. The zero-order valence-electron chi connectivity index (χ0n) is 33.1. The predicted molar refractivity (Wildman–Crippen MR) is 219 cm³/mol. The zero-order chi connectivity index (χ0) is 41.4. The number of nitrogens with one attached hydrogen (secondary N) is 3. The van der Waals surface area contributed by atoms with E-state index in [4.69, 9.17) is 24.2 Å². The van der Waals surface area contributed by atoms with Crippen molar-refractivity contribution in [3.8, 4) is 22.9 Å². The monoisotopic (exact) mass is 826 g/mol. The average molecular weight is 827 g/mol. The van der Waals surface area contributed by atoms with Gasteiger partial charge in [-0.2, -0.15) is 0 Å². The van der Waals surface area contributed by atoms with Gasteiger partial charge in [-0.25, -0.2) is 19.6 Å². The number of anilines is 1. The van der Waals surface area contributed by atoms with E-state index in [9.17, 15) is 29.1 Å². The molecule has 0 spiro atoms. The molecule has 0 radical (unpaired) electrons. The summed E-state index contributed by atoms with van der Waals surface area (Å²) in [5.41, 5.74) is 1.40. The molecule has 0 unspecified atom stereocenters. The second-order valence-electron chi connectivity index (χ2n) is 16.5. The van der Waals surface area contributed by atoms with Crippen LogP contribution < -0.4 is 25.4 Å². The van der Waals surface area contributed by atoms with E-state index in [0.29, 0.717) is 64.1 Å². The van der Waals surface area contributed by atoms with Crippen molar-refractivity contribution in [2.24, 2.45) is 11.8 Å². The minimum atomic E-state index is -1.54. The van der Waals surface area contributed by atoms with Crippen LogP contribution in [0.5, 0.6) is 11.5 Å². The standard InChI is InChI=1S/C43H50N6O9S/c1-4-25-20-43(25,40(53)54)48-38(51)32-18-27(21-49(32)39(52)36(23(2)3)47-42(55)58-26-11-7-8-12-26)57-34-19-30(44-37-28(34)13-14-33-29(37)15-16-56-33)31-22-59-41(45-31)46-35(50)17-24-9-5-6-10-24/h4,13-14,19,22,24-27,32,36H,1-2,5-12,15-18,20-21H2,3H3,(H,47,55)(H,48,51)(H,53,54)(H,45,46,50)/t25-,27-,32+,36+,43-/m1/s1. The molecule has 4 fully saturated rings. The number of nitrogens with zero attached hydrogens (tertiary/aromatic N) is 3. The molecule has 59 heavy (non-hydrogen) atoms. The number of carboxylic acid groups (broad SMARTS) is 1. The van der Waals surface area contributed by atoms with Gasteiger partial charge < -0.3 is 40.2 Å². The van der Waals surface area contributed by atoms with Gasteiger partial charge in [0, 0.05) is 47.6 Å². The van der Waals surface area contributed by atoms with Gasteiger partial charge in [-0.15, -0.1) is 17.9 Å². The third kappa shape index (κ3) is 8.36. The number of carbonyl (C=O) groups excluding carboxylic acids is 4. The lowest BCUT2D eigenvalue weighted by Gasteiger charge is -2.29. The summed E-state index contributed by atoms with van der Waals surface area (Å²) in [6.45, 7) is 9.73. The molecule has 5 atom stereocenters. The molecule has 8 rings (SSSR count). The Labute approximate surface area is 346 Å². The Bertz CT molecular complexity index is 2200. The van der Waals surface area contributed by atoms with Crippen LogP contribution in [0.25, 0.3) is 22.3 Å². The van der Waals surface area contributed by atoms with Crippen LogP contribution in [-0.2, 0) is 30.3 Å². The first-order chi connectivity index (χ1) is 28.4. The Hall–Kier alpha value is -5.51. The first-order valence-corrected chi connectivity index (χ1v) is 21.4. The van der Waals surface area contributed by atoms with Gasteiger partial charge in [-0.3, -0.25) is 14.4 Å². The van der Waals surface area contributed by atoms with E-state index in [1.165, 1.54) is 22.3 Å². The van der Waals surface area contributed by atoms with Crippen molar-refractivity contribution in [1.82, 2.24) is 25.5 Å². The van der Waals surface area contributed by atoms with E-state index in [1.807, 2.05) is 17.5 Å². The maximum Gasteiger partial charge on any atom is 0.408 e. The molecule has 3 aliphatic carbocycles. The van der Waals surface area contributed by atoms with Gasteiger partial charge in [0.05, 0.1) is 24.4 Å². The van der Waals surface area contributed by atoms with Crippen molar-refractivity contribution in [2.45, 2.75) is 114 Å². The van der Waals surface area contributed by atoms with Gasteiger partial charge in [-0.1, -0.05) is 25.5 Å². The minimum absolute atomic E-state index is 0.0164. The molecule has 1 aromatic carbocycles. The first-order valence-electron chi connectivity index (χ1n) is 20.5. The predicted octanol–water partition coefficient (Wildman–Crippen LogP) is 5.92. The Kier molecular flexibility index (Phi) is 11.3. The molecule has 2 aliphatic heterocycles. The van der Waals surface area contributed by atoms with Crippen LogP contribution in [0.15, 0.2) is 48.4 Å². The molecule has 0 bridgehead atoms. The van der Waals surface area contributed by atoms with Crippen LogP contribution >= 0.6 is 11.3 Å². The summed E-state index contributed by atoms with van der Waals surface area (Å²) in [6.07, 6.45) is 8.85. The van der Waals surface area contributed by atoms with Crippen molar-refractivity contribution in [3.63, 3.8) is 0 Å². The maximum atomic E-state index is 14.4. The van der Waals surface area contributed by atoms with E-state index in [0.717, 1.165) is 62.7 Å². The van der Waals surface area contributed by atoms with Gasteiger partial charge in [0.2, 0.25) is 17.7 Å². The quantitative estimate of drug-likeness (QED) is 0.141. The Morgan fingerprint density at radius 3 is 2.56 bits per heavy atom. The molecule has 2 aromatic heterocycles. The largest absolute Gasteiger partial charge is 0.493 e.